The molecule has 84 valence electrons. The van der Waals surface area contributed by atoms with E-state index in [-0.39, 0.29) is 11.7 Å². The van der Waals surface area contributed by atoms with Crippen molar-refractivity contribution in [1.29, 1.82) is 0 Å². The number of hydrogen-bond donors (Lipinski definition) is 0. The van der Waals surface area contributed by atoms with E-state index in [2.05, 4.69) is 4.74 Å². The zero-order valence-corrected chi connectivity index (χ0v) is 9.15. The third-order valence-corrected chi connectivity index (χ3v) is 2.72. The normalized spacial score (nSPS) is 18.1. The van der Waals surface area contributed by atoms with E-state index in [1.165, 1.54) is 7.11 Å². The predicted molar refractivity (Wildman–Crippen MR) is 56.7 cm³/mol. The minimum absolute atomic E-state index is 0.0441. The van der Waals surface area contributed by atoms with Gasteiger partial charge in [-0.05, 0) is 12.5 Å². The summed E-state index contributed by atoms with van der Waals surface area (Å²) in [5.41, 5.74) is 1.44. The quantitative estimate of drug-likeness (QED) is 0.537. The minimum atomic E-state index is -0.764. The Morgan fingerprint density at radius 1 is 1.44 bits per heavy atom. The zero-order valence-electron chi connectivity index (χ0n) is 9.15. The monoisotopic (exact) mass is 220 g/mol. The standard InChI is InChI=1S/C12H12O4/c1-7-6-9-8(11(7)13)4-3-5-10(9)16-12(14)15-2/h3-5,7H,6H2,1-2H3. The number of Topliss-reactive ketones (excluding diaryl/α,β-unsaturated/α-hetero) is 1. The Bertz CT molecular complexity index is 450. The van der Waals surface area contributed by atoms with Crippen molar-refractivity contribution >= 4 is 11.9 Å². The molecular weight excluding hydrogens is 208 g/mol. The number of benzene rings is 1. The second-order valence-electron chi connectivity index (χ2n) is 3.81. The first kappa shape index (κ1) is 10.7. The lowest BCUT2D eigenvalue weighted by Gasteiger charge is -2.06. The van der Waals surface area contributed by atoms with Gasteiger partial charge in [-0.1, -0.05) is 19.1 Å². The summed E-state index contributed by atoms with van der Waals surface area (Å²) in [6.45, 7) is 1.87. The van der Waals surface area contributed by atoms with Crippen molar-refractivity contribution < 1.29 is 19.1 Å². The molecule has 0 heterocycles. The molecule has 1 aliphatic carbocycles. The van der Waals surface area contributed by atoms with Crippen molar-refractivity contribution in [2.45, 2.75) is 13.3 Å². The van der Waals surface area contributed by atoms with Crippen molar-refractivity contribution in [3.63, 3.8) is 0 Å². The van der Waals surface area contributed by atoms with E-state index >= 15 is 0 Å². The van der Waals surface area contributed by atoms with Gasteiger partial charge in [-0.3, -0.25) is 4.79 Å². The van der Waals surface area contributed by atoms with Crippen LogP contribution in [0, 0.1) is 5.92 Å². The number of hydrogen-bond acceptors (Lipinski definition) is 4. The van der Waals surface area contributed by atoms with Crippen LogP contribution in [-0.4, -0.2) is 19.0 Å². The molecule has 1 aromatic carbocycles. The van der Waals surface area contributed by atoms with Crippen LogP contribution in [0.5, 0.6) is 5.75 Å². The molecule has 0 radical (unpaired) electrons. The summed E-state index contributed by atoms with van der Waals surface area (Å²) in [5.74, 6) is 0.477. The zero-order chi connectivity index (χ0) is 11.7. The first-order valence-electron chi connectivity index (χ1n) is 5.05. The lowest BCUT2D eigenvalue weighted by molar-refractivity contribution is 0.0946. The molecule has 0 aliphatic heterocycles. The van der Waals surface area contributed by atoms with Gasteiger partial charge in [0.2, 0.25) is 0 Å². The third-order valence-electron chi connectivity index (χ3n) is 2.72. The highest BCUT2D eigenvalue weighted by atomic mass is 16.7. The van der Waals surface area contributed by atoms with Gasteiger partial charge in [-0.15, -0.1) is 0 Å². The highest BCUT2D eigenvalue weighted by Gasteiger charge is 2.29. The van der Waals surface area contributed by atoms with Gasteiger partial charge in [0.05, 0.1) is 7.11 Å². The molecular formula is C12H12O4. The number of fused-ring (bicyclic) bond motifs is 1. The number of ketones is 1. The van der Waals surface area contributed by atoms with Crippen LogP contribution < -0.4 is 4.74 Å². The van der Waals surface area contributed by atoms with Crippen molar-refractivity contribution in [2.24, 2.45) is 5.92 Å². The maximum absolute atomic E-state index is 11.7. The Morgan fingerprint density at radius 3 is 2.88 bits per heavy atom. The van der Waals surface area contributed by atoms with Crippen LogP contribution in [0.1, 0.15) is 22.8 Å². The Kier molecular flexibility index (Phi) is 2.64. The summed E-state index contributed by atoms with van der Waals surface area (Å²) >= 11 is 0. The molecule has 0 amide bonds. The molecule has 0 spiro atoms. The van der Waals surface area contributed by atoms with Crippen molar-refractivity contribution in [3.05, 3.63) is 29.3 Å². The molecule has 0 fully saturated rings. The summed E-state index contributed by atoms with van der Waals surface area (Å²) < 4.78 is 9.41. The lowest BCUT2D eigenvalue weighted by Crippen LogP contribution is -2.08. The number of carbonyl (C=O) groups excluding carboxylic acids is 2. The first-order chi connectivity index (χ1) is 7.63. The first-order valence-corrected chi connectivity index (χ1v) is 5.05. The number of ether oxygens (including phenoxy) is 2. The van der Waals surface area contributed by atoms with E-state index < -0.39 is 6.16 Å². The highest BCUT2D eigenvalue weighted by molar-refractivity contribution is 6.02. The van der Waals surface area contributed by atoms with E-state index in [1.54, 1.807) is 18.2 Å². The van der Waals surface area contributed by atoms with E-state index in [4.69, 9.17) is 4.74 Å². The van der Waals surface area contributed by atoms with Crippen LogP contribution in [0.25, 0.3) is 0 Å². The molecule has 0 aromatic heterocycles. The molecule has 0 saturated heterocycles. The maximum atomic E-state index is 11.7. The number of rotatable bonds is 1. The summed E-state index contributed by atoms with van der Waals surface area (Å²) in [6.07, 6.45) is -0.151. The summed E-state index contributed by atoms with van der Waals surface area (Å²) in [5, 5.41) is 0. The van der Waals surface area contributed by atoms with Crippen LogP contribution in [0.4, 0.5) is 4.79 Å². The molecule has 0 bridgehead atoms. The van der Waals surface area contributed by atoms with Crippen molar-refractivity contribution in [2.75, 3.05) is 7.11 Å². The Labute approximate surface area is 93.2 Å². The fourth-order valence-corrected chi connectivity index (χ4v) is 1.90. The van der Waals surface area contributed by atoms with Gasteiger partial charge in [0.1, 0.15) is 5.75 Å². The van der Waals surface area contributed by atoms with Gasteiger partial charge in [0.15, 0.2) is 5.78 Å². The molecule has 1 atom stereocenters. The SMILES string of the molecule is COC(=O)Oc1cccc2c1CC(C)C2=O. The van der Waals surface area contributed by atoms with Crippen LogP contribution in [-0.2, 0) is 11.2 Å². The van der Waals surface area contributed by atoms with E-state index in [0.717, 1.165) is 5.56 Å². The van der Waals surface area contributed by atoms with E-state index in [9.17, 15) is 9.59 Å². The molecule has 2 rings (SSSR count). The molecule has 4 heteroatoms. The third kappa shape index (κ3) is 1.66. The van der Waals surface area contributed by atoms with E-state index in [1.807, 2.05) is 6.92 Å². The maximum Gasteiger partial charge on any atom is 0.513 e. The Hall–Kier alpha value is -1.84. The average molecular weight is 220 g/mol. The van der Waals surface area contributed by atoms with Gasteiger partial charge < -0.3 is 9.47 Å². The van der Waals surface area contributed by atoms with Crippen LogP contribution in [0.2, 0.25) is 0 Å². The molecule has 1 unspecified atom stereocenters. The molecule has 4 nitrogen and oxygen atoms in total. The average Bonchev–Trinajstić information content (AvgIpc) is 2.57. The molecule has 1 aromatic rings. The smallest absolute Gasteiger partial charge is 0.437 e. The largest absolute Gasteiger partial charge is 0.513 e. The van der Waals surface area contributed by atoms with Crippen LogP contribution in [0.3, 0.4) is 0 Å². The van der Waals surface area contributed by atoms with Gasteiger partial charge in [-0.25, -0.2) is 4.79 Å². The van der Waals surface area contributed by atoms with Crippen LogP contribution in [0.15, 0.2) is 18.2 Å². The van der Waals surface area contributed by atoms with Crippen molar-refractivity contribution in [1.82, 2.24) is 0 Å². The Morgan fingerprint density at radius 2 is 2.19 bits per heavy atom. The summed E-state index contributed by atoms with van der Waals surface area (Å²) in [4.78, 5) is 22.7. The minimum Gasteiger partial charge on any atom is -0.437 e. The highest BCUT2D eigenvalue weighted by Crippen LogP contribution is 2.33. The van der Waals surface area contributed by atoms with Gasteiger partial charge in [0, 0.05) is 17.0 Å². The fourth-order valence-electron chi connectivity index (χ4n) is 1.90. The second-order valence-corrected chi connectivity index (χ2v) is 3.81. The topological polar surface area (TPSA) is 52.6 Å². The van der Waals surface area contributed by atoms with Gasteiger partial charge in [-0.2, -0.15) is 0 Å². The van der Waals surface area contributed by atoms with Gasteiger partial charge in [0.25, 0.3) is 0 Å². The number of carbonyl (C=O) groups is 2. The molecule has 0 N–H and O–H groups in total. The summed E-state index contributed by atoms with van der Waals surface area (Å²) in [6, 6.07) is 5.12. The fraction of sp³-hybridized carbons (Fsp3) is 0.333. The Balaban J connectivity index is 2.36. The van der Waals surface area contributed by atoms with Crippen molar-refractivity contribution in [3.8, 4) is 5.75 Å². The molecule has 16 heavy (non-hydrogen) atoms. The predicted octanol–water partition coefficient (Wildman–Crippen LogP) is 2.21. The number of methoxy groups -OCH3 is 1. The summed E-state index contributed by atoms with van der Waals surface area (Å²) in [7, 11) is 1.25. The molecule has 0 saturated carbocycles. The van der Waals surface area contributed by atoms with Crippen LogP contribution >= 0.6 is 0 Å². The molecule has 1 aliphatic rings. The second kappa shape index (κ2) is 3.96. The lowest BCUT2D eigenvalue weighted by atomic mass is 10.1. The van der Waals surface area contributed by atoms with Gasteiger partial charge >= 0.3 is 6.16 Å². The van der Waals surface area contributed by atoms with E-state index in [0.29, 0.717) is 17.7 Å².